The summed E-state index contributed by atoms with van der Waals surface area (Å²) in [5, 5.41) is 12.6. The molecule has 1 aromatic carbocycles. The number of benzene rings is 1. The lowest BCUT2D eigenvalue weighted by atomic mass is 10.1. The monoisotopic (exact) mass is 324 g/mol. The molecule has 0 atom stereocenters. The summed E-state index contributed by atoms with van der Waals surface area (Å²) < 4.78 is 18.3. The van der Waals surface area contributed by atoms with Crippen molar-refractivity contribution in [2.24, 2.45) is 0 Å². The number of amides is 1. The predicted molar refractivity (Wildman–Crippen MR) is 81.1 cm³/mol. The smallest absolute Gasteiger partial charge is 0.263 e. The fourth-order valence-corrected chi connectivity index (χ4v) is 2.92. The number of methoxy groups -OCH3 is 1. The number of aliphatic hydroxyl groups is 1. The zero-order valence-corrected chi connectivity index (χ0v) is 13.2. The molecule has 0 spiro atoms. The second-order valence-corrected chi connectivity index (χ2v) is 5.81. The van der Waals surface area contributed by atoms with Gasteiger partial charge in [0, 0.05) is 19.2 Å². The van der Waals surface area contributed by atoms with E-state index in [9.17, 15) is 9.18 Å². The summed E-state index contributed by atoms with van der Waals surface area (Å²) in [6.07, 6.45) is 0. The highest BCUT2D eigenvalue weighted by atomic mass is 32.1. The molecule has 0 saturated heterocycles. The number of thiazole rings is 1. The van der Waals surface area contributed by atoms with E-state index in [1.807, 2.05) is 0 Å². The Bertz CT molecular complexity index is 673. The van der Waals surface area contributed by atoms with E-state index >= 15 is 0 Å². The lowest BCUT2D eigenvalue weighted by Crippen LogP contribution is -2.22. The van der Waals surface area contributed by atoms with Gasteiger partial charge in [0.05, 0.1) is 18.9 Å². The number of carbonyl (C=O) groups excluding carboxylic acids is 1. The molecule has 118 valence electrons. The van der Waals surface area contributed by atoms with Crippen LogP contribution in [0.25, 0.3) is 0 Å². The molecular weight excluding hydrogens is 307 g/mol. The number of aromatic nitrogens is 1. The average molecular weight is 324 g/mol. The maximum Gasteiger partial charge on any atom is 0.263 e. The third kappa shape index (κ3) is 3.88. The molecule has 2 aromatic rings. The van der Waals surface area contributed by atoms with Gasteiger partial charge < -0.3 is 15.2 Å². The summed E-state index contributed by atoms with van der Waals surface area (Å²) in [4.78, 5) is 17.0. The van der Waals surface area contributed by atoms with Crippen molar-refractivity contribution >= 4 is 17.2 Å². The Labute approximate surface area is 131 Å². The molecule has 5 nitrogen and oxygen atoms in total. The normalized spacial score (nSPS) is 10.7. The molecular formula is C15H17FN2O3S. The first-order chi connectivity index (χ1) is 10.5. The predicted octanol–water partition coefficient (Wildman–Crippen LogP) is 2.16. The van der Waals surface area contributed by atoms with Crippen molar-refractivity contribution in [2.45, 2.75) is 26.7 Å². The van der Waals surface area contributed by atoms with Gasteiger partial charge in [-0.2, -0.15) is 0 Å². The topological polar surface area (TPSA) is 71.5 Å². The van der Waals surface area contributed by atoms with Crippen LogP contribution in [-0.2, 0) is 24.5 Å². The van der Waals surface area contributed by atoms with Crippen LogP contribution in [0.5, 0.6) is 0 Å². The molecule has 1 aromatic heterocycles. The summed E-state index contributed by atoms with van der Waals surface area (Å²) in [6, 6.07) is 4.39. The van der Waals surface area contributed by atoms with Gasteiger partial charge in [0.15, 0.2) is 0 Å². The van der Waals surface area contributed by atoms with Crippen molar-refractivity contribution in [3.8, 4) is 0 Å². The van der Waals surface area contributed by atoms with Crippen molar-refractivity contribution in [3.05, 3.63) is 50.7 Å². The fourth-order valence-electron chi connectivity index (χ4n) is 1.97. The minimum absolute atomic E-state index is 0.211. The molecule has 0 aliphatic carbocycles. The van der Waals surface area contributed by atoms with Gasteiger partial charge in [0.1, 0.15) is 15.7 Å². The highest BCUT2D eigenvalue weighted by Crippen LogP contribution is 2.19. The van der Waals surface area contributed by atoms with Crippen LogP contribution in [0.1, 0.15) is 31.5 Å². The van der Waals surface area contributed by atoms with Crippen molar-refractivity contribution in [1.82, 2.24) is 10.3 Å². The summed E-state index contributed by atoms with van der Waals surface area (Å²) in [7, 11) is 1.57. The molecule has 2 N–H and O–H groups in total. The maximum absolute atomic E-state index is 13.3. The molecule has 7 heteroatoms. The minimum atomic E-state index is -0.458. The molecule has 2 rings (SSSR count). The minimum Gasteiger partial charge on any atom is -0.392 e. The van der Waals surface area contributed by atoms with Crippen molar-refractivity contribution in [2.75, 3.05) is 7.11 Å². The number of rotatable bonds is 6. The molecule has 0 radical (unpaired) electrons. The van der Waals surface area contributed by atoms with Gasteiger partial charge in [-0.15, -0.1) is 11.3 Å². The quantitative estimate of drug-likeness (QED) is 0.854. The summed E-state index contributed by atoms with van der Waals surface area (Å²) >= 11 is 1.29. The molecule has 22 heavy (non-hydrogen) atoms. The van der Waals surface area contributed by atoms with Gasteiger partial charge >= 0.3 is 0 Å². The molecule has 0 bridgehead atoms. The van der Waals surface area contributed by atoms with Crippen LogP contribution in [0.2, 0.25) is 0 Å². The van der Waals surface area contributed by atoms with Gasteiger partial charge in [-0.3, -0.25) is 4.79 Å². The number of hydrogen-bond acceptors (Lipinski definition) is 5. The standard InChI is InChI=1S/C15H17FN2O3S/c1-9-14(22-13(18-9)8-21-2)15(20)17-6-10-3-4-12(16)11(5-10)7-19/h3-5,19H,6-8H2,1-2H3,(H,17,20). The van der Waals surface area contributed by atoms with E-state index in [4.69, 9.17) is 9.84 Å². The molecule has 1 heterocycles. The highest BCUT2D eigenvalue weighted by Gasteiger charge is 2.15. The number of nitrogens with zero attached hydrogens (tertiary/aromatic N) is 1. The van der Waals surface area contributed by atoms with Crippen LogP contribution in [-0.4, -0.2) is 23.1 Å². The number of aryl methyl sites for hydroxylation is 1. The van der Waals surface area contributed by atoms with Gasteiger partial charge in [-0.1, -0.05) is 6.07 Å². The Hall–Kier alpha value is -1.83. The summed E-state index contributed by atoms with van der Waals surface area (Å²) in [6.45, 7) is 2.02. The number of nitrogens with one attached hydrogen (secondary N) is 1. The Balaban J connectivity index is 2.03. The zero-order valence-electron chi connectivity index (χ0n) is 12.4. The molecule has 0 saturated carbocycles. The molecule has 1 amide bonds. The van der Waals surface area contributed by atoms with Crippen LogP contribution in [0.4, 0.5) is 4.39 Å². The SMILES string of the molecule is COCc1nc(C)c(C(=O)NCc2ccc(F)c(CO)c2)s1. The van der Waals surface area contributed by atoms with Crippen molar-refractivity contribution in [3.63, 3.8) is 0 Å². The lowest BCUT2D eigenvalue weighted by Gasteiger charge is -2.06. The van der Waals surface area contributed by atoms with E-state index in [-0.39, 0.29) is 24.6 Å². The van der Waals surface area contributed by atoms with Crippen LogP contribution in [0.15, 0.2) is 18.2 Å². The van der Waals surface area contributed by atoms with Crippen LogP contribution in [0, 0.1) is 12.7 Å². The van der Waals surface area contributed by atoms with Crippen molar-refractivity contribution < 1.29 is 19.0 Å². The fraction of sp³-hybridized carbons (Fsp3) is 0.333. The zero-order chi connectivity index (χ0) is 16.1. The summed E-state index contributed by atoms with van der Waals surface area (Å²) in [5.74, 6) is -0.688. The van der Waals surface area contributed by atoms with E-state index < -0.39 is 5.82 Å². The number of hydrogen-bond donors (Lipinski definition) is 2. The maximum atomic E-state index is 13.3. The van der Waals surface area contributed by atoms with Crippen LogP contribution in [0.3, 0.4) is 0 Å². The summed E-state index contributed by atoms with van der Waals surface area (Å²) in [5.41, 5.74) is 1.59. The van der Waals surface area contributed by atoms with E-state index in [0.29, 0.717) is 17.2 Å². The van der Waals surface area contributed by atoms with Gasteiger partial charge in [-0.25, -0.2) is 9.37 Å². The Kier molecular flexibility index (Phi) is 5.59. The number of ether oxygens (including phenoxy) is 1. The van der Waals surface area contributed by atoms with Gasteiger partial charge in [0.25, 0.3) is 5.91 Å². The third-order valence-corrected chi connectivity index (χ3v) is 4.18. The van der Waals surface area contributed by atoms with E-state index in [1.165, 1.54) is 23.5 Å². The Morgan fingerprint density at radius 3 is 2.95 bits per heavy atom. The first-order valence-electron chi connectivity index (χ1n) is 6.66. The number of aliphatic hydroxyl groups excluding tert-OH is 1. The number of halogens is 1. The van der Waals surface area contributed by atoms with E-state index in [1.54, 1.807) is 20.1 Å². The molecule has 0 unspecified atom stereocenters. The van der Waals surface area contributed by atoms with Gasteiger partial charge in [0.2, 0.25) is 0 Å². The van der Waals surface area contributed by atoms with Crippen LogP contribution < -0.4 is 5.32 Å². The number of carbonyl (C=O) groups is 1. The van der Waals surface area contributed by atoms with E-state index in [2.05, 4.69) is 10.3 Å². The second-order valence-electron chi connectivity index (χ2n) is 4.72. The van der Waals surface area contributed by atoms with Crippen LogP contribution >= 0.6 is 11.3 Å². The third-order valence-electron chi connectivity index (χ3n) is 3.05. The van der Waals surface area contributed by atoms with E-state index in [0.717, 1.165) is 10.6 Å². The first-order valence-corrected chi connectivity index (χ1v) is 7.48. The van der Waals surface area contributed by atoms with Gasteiger partial charge in [-0.05, 0) is 24.6 Å². The second kappa shape index (κ2) is 7.44. The Morgan fingerprint density at radius 1 is 1.50 bits per heavy atom. The first kappa shape index (κ1) is 16.5. The molecule has 0 aliphatic rings. The Morgan fingerprint density at radius 2 is 2.27 bits per heavy atom. The van der Waals surface area contributed by atoms with Crippen molar-refractivity contribution in [1.29, 1.82) is 0 Å². The average Bonchev–Trinajstić information content (AvgIpc) is 2.87. The highest BCUT2D eigenvalue weighted by molar-refractivity contribution is 7.13. The lowest BCUT2D eigenvalue weighted by molar-refractivity contribution is 0.0954. The molecule has 0 aliphatic heterocycles. The largest absolute Gasteiger partial charge is 0.392 e. The molecule has 0 fully saturated rings.